The van der Waals surface area contributed by atoms with E-state index in [0.717, 1.165) is 0 Å². The lowest BCUT2D eigenvalue weighted by Gasteiger charge is -2.25. The molecule has 1 unspecified atom stereocenters. The van der Waals surface area contributed by atoms with Gasteiger partial charge in [-0.1, -0.05) is 23.2 Å². The van der Waals surface area contributed by atoms with Gasteiger partial charge in [-0.05, 0) is 78.3 Å². The summed E-state index contributed by atoms with van der Waals surface area (Å²) in [4.78, 5) is 25.1. The number of benzene rings is 2. The molecule has 0 aliphatic rings. The second-order valence-electron chi connectivity index (χ2n) is 5.84. The fraction of sp³-hybridized carbons (Fsp3) is 0.222. The Morgan fingerprint density at radius 1 is 1.00 bits per heavy atom. The maximum atomic E-state index is 12.6. The lowest BCUT2D eigenvalue weighted by Crippen LogP contribution is -2.43. The van der Waals surface area contributed by atoms with Gasteiger partial charge in [0.15, 0.2) is 5.78 Å². The molecule has 0 bridgehead atoms. The van der Waals surface area contributed by atoms with Crippen molar-refractivity contribution in [3.8, 4) is 5.75 Å². The highest BCUT2D eigenvalue weighted by Crippen LogP contribution is 2.27. The van der Waals surface area contributed by atoms with Crippen molar-refractivity contribution in [3.05, 3.63) is 58.6 Å². The fourth-order valence-electron chi connectivity index (χ4n) is 1.90. The first-order valence-electron chi connectivity index (χ1n) is 7.38. The zero-order valence-electron chi connectivity index (χ0n) is 13.6. The number of hydrogen-bond acceptors (Lipinski definition) is 3. The monoisotopic (exact) mass is 443 g/mol. The molecule has 2 aromatic rings. The van der Waals surface area contributed by atoms with E-state index in [-0.39, 0.29) is 0 Å². The van der Waals surface area contributed by atoms with E-state index < -0.39 is 22.1 Å². The van der Waals surface area contributed by atoms with Crippen LogP contribution >= 0.6 is 39.1 Å². The average molecular weight is 445 g/mol. The summed E-state index contributed by atoms with van der Waals surface area (Å²) in [5.41, 5.74) is -0.750. The smallest absolute Gasteiger partial charge is 0.237 e. The van der Waals surface area contributed by atoms with Crippen LogP contribution in [0.25, 0.3) is 0 Å². The van der Waals surface area contributed by atoms with E-state index in [2.05, 4.69) is 21.2 Å². The van der Waals surface area contributed by atoms with Crippen LogP contribution in [0.15, 0.2) is 48.5 Å². The van der Waals surface area contributed by atoms with Crippen molar-refractivity contribution < 1.29 is 14.3 Å². The third-order valence-electron chi connectivity index (χ3n) is 3.55. The Kier molecular flexibility index (Phi) is 6.49. The van der Waals surface area contributed by atoms with Crippen LogP contribution in [0.4, 0.5) is 5.69 Å². The highest BCUT2D eigenvalue weighted by molar-refractivity contribution is 9.09. The highest BCUT2D eigenvalue weighted by atomic mass is 79.9. The van der Waals surface area contributed by atoms with E-state index >= 15 is 0 Å². The molecule has 0 fully saturated rings. The van der Waals surface area contributed by atoms with Crippen LogP contribution in [0.5, 0.6) is 5.75 Å². The summed E-state index contributed by atoms with van der Waals surface area (Å²) in [6.07, 6.45) is 0. The molecule has 25 heavy (non-hydrogen) atoms. The Bertz CT molecular complexity index is 761. The molecule has 1 amide bonds. The lowest BCUT2D eigenvalue weighted by atomic mass is 9.87. The minimum Gasteiger partial charge on any atom is -0.471 e. The predicted molar refractivity (Wildman–Crippen MR) is 104 cm³/mol. The Morgan fingerprint density at radius 2 is 1.48 bits per heavy atom. The Hall–Kier alpha value is -1.56. The average Bonchev–Trinajstić information content (AvgIpc) is 2.58. The highest BCUT2D eigenvalue weighted by Gasteiger charge is 2.40. The van der Waals surface area contributed by atoms with E-state index in [1.54, 1.807) is 62.4 Å². The number of amides is 1. The van der Waals surface area contributed by atoms with Crippen LogP contribution in [0, 0.1) is 5.41 Å². The number of alkyl halides is 1. The Balaban J connectivity index is 2.05. The molecule has 0 spiro atoms. The number of hydrogen-bond donors (Lipinski definition) is 1. The molecule has 0 saturated heterocycles. The van der Waals surface area contributed by atoms with Gasteiger partial charge >= 0.3 is 0 Å². The molecule has 0 aromatic heterocycles. The van der Waals surface area contributed by atoms with Crippen molar-refractivity contribution in [2.45, 2.75) is 18.9 Å². The quantitative estimate of drug-likeness (QED) is 0.484. The molecule has 4 nitrogen and oxygen atoms in total. The van der Waals surface area contributed by atoms with Gasteiger partial charge in [0.25, 0.3) is 0 Å². The van der Waals surface area contributed by atoms with Crippen molar-refractivity contribution >= 4 is 56.5 Å². The van der Waals surface area contributed by atoms with Gasteiger partial charge in [-0.15, -0.1) is 0 Å². The maximum Gasteiger partial charge on any atom is 0.237 e. The van der Waals surface area contributed by atoms with Crippen molar-refractivity contribution in [2.75, 3.05) is 5.32 Å². The van der Waals surface area contributed by atoms with Crippen LogP contribution in [0.2, 0.25) is 10.0 Å². The number of halogens is 3. The summed E-state index contributed by atoms with van der Waals surface area (Å²) in [5.74, 6) is -0.383. The maximum absolute atomic E-state index is 12.6. The summed E-state index contributed by atoms with van der Waals surface area (Å²) >= 11 is 14.8. The summed E-state index contributed by atoms with van der Waals surface area (Å²) in [6, 6.07) is 13.2. The zero-order valence-corrected chi connectivity index (χ0v) is 16.7. The van der Waals surface area contributed by atoms with Crippen molar-refractivity contribution in [1.82, 2.24) is 0 Å². The predicted octanol–water partition coefficient (Wildman–Crippen LogP) is 5.33. The number of carbonyl (C=O) groups excluding carboxylic acids is 2. The molecule has 1 atom stereocenters. The third kappa shape index (κ3) is 5.21. The van der Waals surface area contributed by atoms with E-state index in [1.165, 1.54) is 0 Å². The molecule has 132 valence electrons. The van der Waals surface area contributed by atoms with Gasteiger partial charge in [-0.3, -0.25) is 9.59 Å². The summed E-state index contributed by atoms with van der Waals surface area (Å²) in [6.45, 7) is 3.08. The summed E-state index contributed by atoms with van der Waals surface area (Å²) in [5, 5.41) is 2.85. The zero-order chi connectivity index (χ0) is 18.6. The van der Waals surface area contributed by atoms with E-state index in [0.29, 0.717) is 21.5 Å². The SMILES string of the molecule is CC(C)(C(=O)Nc1ccc(Cl)cc1)C(=O)C(Br)Oc1ccc(Cl)cc1. The minimum absolute atomic E-state index is 0.408. The van der Waals surface area contributed by atoms with Crippen molar-refractivity contribution in [3.63, 3.8) is 0 Å². The van der Waals surface area contributed by atoms with Gasteiger partial charge in [0, 0.05) is 15.7 Å². The van der Waals surface area contributed by atoms with Gasteiger partial charge < -0.3 is 10.1 Å². The first-order valence-corrected chi connectivity index (χ1v) is 9.05. The van der Waals surface area contributed by atoms with Crippen LogP contribution < -0.4 is 10.1 Å². The van der Waals surface area contributed by atoms with Crippen molar-refractivity contribution in [2.24, 2.45) is 5.41 Å². The minimum atomic E-state index is -1.31. The topological polar surface area (TPSA) is 55.4 Å². The van der Waals surface area contributed by atoms with Crippen LogP contribution in [0.3, 0.4) is 0 Å². The first-order chi connectivity index (χ1) is 11.7. The molecule has 0 aliphatic carbocycles. The van der Waals surface area contributed by atoms with Crippen LogP contribution in [0.1, 0.15) is 13.8 Å². The van der Waals surface area contributed by atoms with Gasteiger partial charge in [0.05, 0.1) is 0 Å². The second kappa shape index (κ2) is 8.21. The summed E-state index contributed by atoms with van der Waals surface area (Å²) < 4.78 is 5.54. The van der Waals surface area contributed by atoms with E-state index in [9.17, 15) is 9.59 Å². The number of Topliss-reactive ketones (excluding diaryl/α,β-unsaturated/α-hetero) is 1. The number of carbonyl (C=O) groups is 2. The second-order valence-corrected chi connectivity index (χ2v) is 7.54. The number of nitrogens with one attached hydrogen (secondary N) is 1. The standard InChI is InChI=1S/C18H16BrCl2NO3/c1-18(2,17(24)22-13-7-3-11(20)4-8-13)15(23)16(19)25-14-9-5-12(21)6-10-14/h3-10,16H,1-2H3,(H,22,24). The van der Waals surface area contributed by atoms with Gasteiger partial charge in [-0.2, -0.15) is 0 Å². The largest absolute Gasteiger partial charge is 0.471 e. The van der Waals surface area contributed by atoms with Gasteiger partial charge in [0.2, 0.25) is 10.9 Å². The molecule has 0 aliphatic heterocycles. The molecule has 7 heteroatoms. The molecular weight excluding hydrogens is 429 g/mol. The third-order valence-corrected chi connectivity index (χ3v) is 4.65. The number of anilines is 1. The van der Waals surface area contributed by atoms with E-state index in [1.807, 2.05) is 0 Å². The van der Waals surface area contributed by atoms with Crippen LogP contribution in [-0.4, -0.2) is 16.7 Å². The van der Waals surface area contributed by atoms with E-state index in [4.69, 9.17) is 27.9 Å². The number of ketones is 1. The number of rotatable bonds is 6. The molecule has 2 aromatic carbocycles. The summed E-state index contributed by atoms with van der Waals surface area (Å²) in [7, 11) is 0. The normalized spacial score (nSPS) is 12.4. The molecule has 1 N–H and O–H groups in total. The lowest BCUT2D eigenvalue weighted by molar-refractivity contribution is -0.139. The number of ether oxygens (including phenoxy) is 1. The van der Waals surface area contributed by atoms with Gasteiger partial charge in [0.1, 0.15) is 11.2 Å². The molecular formula is C18H16BrCl2NO3. The first kappa shape index (κ1) is 19.8. The van der Waals surface area contributed by atoms with Crippen LogP contribution in [-0.2, 0) is 9.59 Å². The molecule has 0 heterocycles. The Morgan fingerprint density at radius 3 is 2.00 bits per heavy atom. The Labute approximate surface area is 164 Å². The fourth-order valence-corrected chi connectivity index (χ4v) is 2.94. The molecule has 0 radical (unpaired) electrons. The van der Waals surface area contributed by atoms with Crippen molar-refractivity contribution in [1.29, 1.82) is 0 Å². The molecule has 0 saturated carbocycles. The van der Waals surface area contributed by atoms with Gasteiger partial charge in [-0.25, -0.2) is 0 Å². The molecule has 2 rings (SSSR count).